The van der Waals surface area contributed by atoms with Crippen LogP contribution in [0.3, 0.4) is 0 Å². The number of hydrogen-bond donors (Lipinski definition) is 1. The molecule has 0 aliphatic rings. The molecule has 3 nitrogen and oxygen atoms in total. The molecule has 0 bridgehead atoms. The fraction of sp³-hybridized carbons (Fsp3) is 0.154. The topological polar surface area (TPSA) is 42.4 Å². The Hall–Kier alpha value is -2.03. The van der Waals surface area contributed by atoms with Gasteiger partial charge >= 0.3 is 0 Å². The summed E-state index contributed by atoms with van der Waals surface area (Å²) in [6.45, 7) is 0. The maximum Gasteiger partial charge on any atom is 0.119 e. The van der Waals surface area contributed by atoms with E-state index in [0.717, 1.165) is 17.0 Å². The molecule has 2 aromatic rings. The number of aromatic nitrogens is 1. The minimum Gasteiger partial charge on any atom is -0.508 e. The molecule has 2 rings (SSSR count). The molecule has 82 valence electrons. The summed E-state index contributed by atoms with van der Waals surface area (Å²) < 4.78 is 5.12. The van der Waals surface area contributed by atoms with E-state index in [0.29, 0.717) is 6.42 Å². The monoisotopic (exact) mass is 215 g/mol. The van der Waals surface area contributed by atoms with Gasteiger partial charge in [-0.2, -0.15) is 0 Å². The third kappa shape index (κ3) is 2.31. The Balaban J connectivity index is 2.27. The molecule has 0 saturated heterocycles. The van der Waals surface area contributed by atoms with Gasteiger partial charge in [-0.1, -0.05) is 6.07 Å². The van der Waals surface area contributed by atoms with E-state index in [4.69, 9.17) is 4.74 Å². The van der Waals surface area contributed by atoms with E-state index in [2.05, 4.69) is 4.98 Å². The lowest BCUT2D eigenvalue weighted by Crippen LogP contribution is -1.93. The molecular formula is C13H13NO2. The molecule has 0 unspecified atom stereocenters. The van der Waals surface area contributed by atoms with Crippen molar-refractivity contribution in [1.82, 2.24) is 4.98 Å². The summed E-state index contributed by atoms with van der Waals surface area (Å²) >= 11 is 0. The molecule has 0 atom stereocenters. The van der Waals surface area contributed by atoms with Crippen LogP contribution in [0.15, 0.2) is 42.6 Å². The minimum absolute atomic E-state index is 0.270. The number of phenolic OH excluding ortho intramolecular Hbond substituents is 1. The van der Waals surface area contributed by atoms with Crippen LogP contribution in [0, 0.1) is 0 Å². The second-order valence-corrected chi connectivity index (χ2v) is 3.49. The van der Waals surface area contributed by atoms with Gasteiger partial charge in [0.15, 0.2) is 0 Å². The predicted octanol–water partition coefficient (Wildman–Crippen LogP) is 2.39. The largest absolute Gasteiger partial charge is 0.508 e. The van der Waals surface area contributed by atoms with E-state index in [1.54, 1.807) is 25.4 Å². The van der Waals surface area contributed by atoms with Crippen LogP contribution in [-0.2, 0) is 6.42 Å². The van der Waals surface area contributed by atoms with Crippen LogP contribution in [0.2, 0.25) is 0 Å². The molecule has 16 heavy (non-hydrogen) atoms. The number of aromatic hydroxyl groups is 1. The number of benzene rings is 1. The van der Waals surface area contributed by atoms with Gasteiger partial charge < -0.3 is 9.84 Å². The van der Waals surface area contributed by atoms with Gasteiger partial charge in [0.2, 0.25) is 0 Å². The summed E-state index contributed by atoms with van der Waals surface area (Å²) in [7, 11) is 1.61. The van der Waals surface area contributed by atoms with Crippen molar-refractivity contribution < 1.29 is 9.84 Å². The minimum atomic E-state index is 0.270. The SMILES string of the molecule is COc1ccc(O)c(Cc2ccccn2)c1. The molecule has 0 spiro atoms. The average molecular weight is 215 g/mol. The number of phenols is 1. The first-order chi connectivity index (χ1) is 7.79. The Morgan fingerprint density at radius 1 is 1.25 bits per heavy atom. The number of nitrogens with zero attached hydrogens (tertiary/aromatic N) is 1. The standard InChI is InChI=1S/C13H13NO2/c1-16-12-5-6-13(15)10(9-12)8-11-4-2-3-7-14-11/h2-7,9,15H,8H2,1H3. The number of ether oxygens (including phenoxy) is 1. The molecule has 0 aliphatic heterocycles. The zero-order valence-corrected chi connectivity index (χ0v) is 9.05. The molecule has 0 radical (unpaired) electrons. The van der Waals surface area contributed by atoms with Gasteiger partial charge in [-0.3, -0.25) is 4.98 Å². The zero-order chi connectivity index (χ0) is 11.4. The number of pyridine rings is 1. The Bertz CT molecular complexity index is 469. The van der Waals surface area contributed by atoms with Gasteiger partial charge in [0.1, 0.15) is 11.5 Å². The maximum atomic E-state index is 9.71. The van der Waals surface area contributed by atoms with Gasteiger partial charge in [-0.05, 0) is 30.3 Å². The number of hydrogen-bond acceptors (Lipinski definition) is 3. The van der Waals surface area contributed by atoms with Crippen LogP contribution >= 0.6 is 0 Å². The Labute approximate surface area is 94.3 Å². The van der Waals surface area contributed by atoms with Crippen LogP contribution in [0.5, 0.6) is 11.5 Å². The van der Waals surface area contributed by atoms with Gasteiger partial charge in [0, 0.05) is 23.9 Å². The molecule has 0 saturated carbocycles. The predicted molar refractivity (Wildman–Crippen MR) is 61.7 cm³/mol. The lowest BCUT2D eigenvalue weighted by Gasteiger charge is -2.06. The van der Waals surface area contributed by atoms with E-state index < -0.39 is 0 Å². The molecule has 1 aromatic carbocycles. The van der Waals surface area contributed by atoms with Crippen molar-refractivity contribution in [2.75, 3.05) is 7.11 Å². The molecule has 3 heteroatoms. The lowest BCUT2D eigenvalue weighted by molar-refractivity contribution is 0.411. The van der Waals surface area contributed by atoms with Gasteiger partial charge in [-0.25, -0.2) is 0 Å². The van der Waals surface area contributed by atoms with Crippen molar-refractivity contribution in [3.63, 3.8) is 0 Å². The van der Waals surface area contributed by atoms with Crippen molar-refractivity contribution in [3.05, 3.63) is 53.9 Å². The van der Waals surface area contributed by atoms with E-state index in [1.165, 1.54) is 0 Å². The summed E-state index contributed by atoms with van der Waals surface area (Å²) in [6, 6.07) is 10.9. The highest BCUT2D eigenvalue weighted by atomic mass is 16.5. The molecule has 0 fully saturated rings. The van der Waals surface area contributed by atoms with Gasteiger partial charge in [0.05, 0.1) is 7.11 Å². The molecule has 0 aliphatic carbocycles. The third-order valence-electron chi connectivity index (χ3n) is 2.38. The molecule has 1 aromatic heterocycles. The maximum absolute atomic E-state index is 9.71. The van der Waals surface area contributed by atoms with E-state index in [-0.39, 0.29) is 5.75 Å². The van der Waals surface area contributed by atoms with Crippen LogP contribution in [0.25, 0.3) is 0 Å². The highest BCUT2D eigenvalue weighted by Gasteiger charge is 2.04. The van der Waals surface area contributed by atoms with Crippen LogP contribution in [0.4, 0.5) is 0 Å². The Morgan fingerprint density at radius 2 is 2.12 bits per heavy atom. The summed E-state index contributed by atoms with van der Waals surface area (Å²) in [5.74, 6) is 1.01. The third-order valence-corrected chi connectivity index (χ3v) is 2.38. The van der Waals surface area contributed by atoms with Crippen molar-refractivity contribution in [2.24, 2.45) is 0 Å². The van der Waals surface area contributed by atoms with Crippen molar-refractivity contribution >= 4 is 0 Å². The average Bonchev–Trinajstić information content (AvgIpc) is 2.33. The quantitative estimate of drug-likeness (QED) is 0.854. The molecular weight excluding hydrogens is 202 g/mol. The van der Waals surface area contributed by atoms with Crippen LogP contribution in [0.1, 0.15) is 11.3 Å². The summed E-state index contributed by atoms with van der Waals surface area (Å²) in [6.07, 6.45) is 2.34. The number of rotatable bonds is 3. The van der Waals surface area contributed by atoms with E-state index in [9.17, 15) is 5.11 Å². The van der Waals surface area contributed by atoms with Crippen LogP contribution in [-0.4, -0.2) is 17.2 Å². The second-order valence-electron chi connectivity index (χ2n) is 3.49. The van der Waals surface area contributed by atoms with Crippen molar-refractivity contribution in [1.29, 1.82) is 0 Å². The summed E-state index contributed by atoms with van der Waals surface area (Å²) in [5, 5.41) is 9.71. The second kappa shape index (κ2) is 4.66. The van der Waals surface area contributed by atoms with Gasteiger partial charge in [-0.15, -0.1) is 0 Å². The molecule has 1 N–H and O–H groups in total. The van der Waals surface area contributed by atoms with Crippen molar-refractivity contribution in [2.45, 2.75) is 6.42 Å². The van der Waals surface area contributed by atoms with E-state index >= 15 is 0 Å². The molecule has 0 amide bonds. The fourth-order valence-corrected chi connectivity index (χ4v) is 1.53. The summed E-state index contributed by atoms with van der Waals surface area (Å²) in [5.41, 5.74) is 1.74. The number of methoxy groups -OCH3 is 1. The van der Waals surface area contributed by atoms with Gasteiger partial charge in [0.25, 0.3) is 0 Å². The molecule has 1 heterocycles. The zero-order valence-electron chi connectivity index (χ0n) is 9.05. The highest BCUT2D eigenvalue weighted by Crippen LogP contribution is 2.24. The smallest absolute Gasteiger partial charge is 0.119 e. The normalized spacial score (nSPS) is 10.1. The first kappa shape index (κ1) is 10.5. The van der Waals surface area contributed by atoms with Crippen LogP contribution < -0.4 is 4.74 Å². The first-order valence-electron chi connectivity index (χ1n) is 5.05. The highest BCUT2D eigenvalue weighted by molar-refractivity contribution is 5.41. The lowest BCUT2D eigenvalue weighted by atomic mass is 10.1. The first-order valence-corrected chi connectivity index (χ1v) is 5.05. The fourth-order valence-electron chi connectivity index (χ4n) is 1.53. The van der Waals surface area contributed by atoms with Crippen molar-refractivity contribution in [3.8, 4) is 11.5 Å². The Morgan fingerprint density at radius 3 is 2.81 bits per heavy atom. The van der Waals surface area contributed by atoms with E-state index in [1.807, 2.05) is 24.3 Å². The summed E-state index contributed by atoms with van der Waals surface area (Å²) in [4.78, 5) is 4.22. The Kier molecular flexibility index (Phi) is 3.05.